The van der Waals surface area contributed by atoms with Crippen LogP contribution in [0.5, 0.6) is 0 Å². The molecular weight excluding hydrogens is 262 g/mol. The van der Waals surface area contributed by atoms with Gasteiger partial charge in [0.15, 0.2) is 0 Å². The van der Waals surface area contributed by atoms with Gasteiger partial charge in [-0.2, -0.15) is 0 Å². The monoisotopic (exact) mass is 281 g/mol. The van der Waals surface area contributed by atoms with E-state index < -0.39 is 17.9 Å². The quantitative estimate of drug-likeness (QED) is 0.649. The van der Waals surface area contributed by atoms with Gasteiger partial charge in [0, 0.05) is 6.42 Å². The highest BCUT2D eigenvalue weighted by molar-refractivity contribution is 5.88. The lowest BCUT2D eigenvalue weighted by atomic mass is 9.99. The molecule has 0 bridgehead atoms. The number of esters is 2. The minimum absolute atomic E-state index is 0. The van der Waals surface area contributed by atoms with Crippen LogP contribution in [-0.2, 0) is 23.9 Å². The number of carbonyl (C=O) groups is 3. The molecule has 0 aliphatic heterocycles. The average molecular weight is 282 g/mol. The summed E-state index contributed by atoms with van der Waals surface area (Å²) in [5.41, 5.74) is 5.17. The molecule has 0 amide bonds. The second-order valence-corrected chi connectivity index (χ2v) is 3.41. The van der Waals surface area contributed by atoms with Gasteiger partial charge in [-0.1, -0.05) is 0 Å². The third-order valence-electron chi connectivity index (χ3n) is 2.04. The SMILES string of the molecule is CCOC(=O)CC(CC(=O)CN)C(=O)OCC.Cl. The Bertz CT molecular complexity index is 283. The fourth-order valence-corrected chi connectivity index (χ4v) is 1.28. The van der Waals surface area contributed by atoms with Crippen molar-refractivity contribution in [3.8, 4) is 0 Å². The van der Waals surface area contributed by atoms with Gasteiger partial charge >= 0.3 is 11.9 Å². The number of rotatable bonds is 8. The van der Waals surface area contributed by atoms with Gasteiger partial charge in [-0.05, 0) is 13.8 Å². The average Bonchev–Trinajstić information content (AvgIpc) is 2.28. The van der Waals surface area contributed by atoms with Gasteiger partial charge in [-0.15, -0.1) is 12.4 Å². The Labute approximate surface area is 113 Å². The van der Waals surface area contributed by atoms with Gasteiger partial charge < -0.3 is 15.2 Å². The molecule has 0 aromatic heterocycles. The first kappa shape index (κ1) is 19.2. The highest BCUT2D eigenvalue weighted by atomic mass is 35.5. The van der Waals surface area contributed by atoms with Crippen LogP contribution in [0.15, 0.2) is 0 Å². The van der Waals surface area contributed by atoms with E-state index in [1.165, 1.54) is 0 Å². The van der Waals surface area contributed by atoms with E-state index >= 15 is 0 Å². The van der Waals surface area contributed by atoms with E-state index in [4.69, 9.17) is 15.2 Å². The molecule has 0 saturated carbocycles. The maximum atomic E-state index is 11.5. The molecule has 0 fully saturated rings. The van der Waals surface area contributed by atoms with Gasteiger partial charge in [0.25, 0.3) is 0 Å². The van der Waals surface area contributed by atoms with Crippen LogP contribution in [-0.4, -0.2) is 37.5 Å². The Kier molecular flexibility index (Phi) is 11.7. The lowest BCUT2D eigenvalue weighted by Gasteiger charge is -2.13. The smallest absolute Gasteiger partial charge is 0.309 e. The lowest BCUT2D eigenvalue weighted by Crippen LogP contribution is -2.27. The topological polar surface area (TPSA) is 95.7 Å². The highest BCUT2D eigenvalue weighted by Gasteiger charge is 2.26. The third kappa shape index (κ3) is 8.03. The number of nitrogens with two attached hydrogens (primary N) is 1. The second-order valence-electron chi connectivity index (χ2n) is 3.41. The third-order valence-corrected chi connectivity index (χ3v) is 2.04. The van der Waals surface area contributed by atoms with Gasteiger partial charge in [0.2, 0.25) is 0 Å². The molecule has 1 unspecified atom stereocenters. The van der Waals surface area contributed by atoms with Crippen molar-refractivity contribution in [3.05, 3.63) is 0 Å². The van der Waals surface area contributed by atoms with Gasteiger partial charge in [-0.3, -0.25) is 14.4 Å². The summed E-state index contributed by atoms with van der Waals surface area (Å²) >= 11 is 0. The van der Waals surface area contributed by atoms with E-state index in [0.717, 1.165) is 0 Å². The van der Waals surface area contributed by atoms with Crippen molar-refractivity contribution in [3.63, 3.8) is 0 Å². The summed E-state index contributed by atoms with van der Waals surface area (Å²) in [5.74, 6) is -2.17. The van der Waals surface area contributed by atoms with Crippen LogP contribution >= 0.6 is 12.4 Å². The van der Waals surface area contributed by atoms with E-state index in [1.54, 1.807) is 13.8 Å². The first-order valence-corrected chi connectivity index (χ1v) is 5.59. The first-order valence-electron chi connectivity index (χ1n) is 5.59. The second kappa shape index (κ2) is 11.0. The molecule has 0 aromatic carbocycles. The Hall–Kier alpha value is -1.14. The molecule has 106 valence electrons. The van der Waals surface area contributed by atoms with Gasteiger partial charge in [-0.25, -0.2) is 0 Å². The fourth-order valence-electron chi connectivity index (χ4n) is 1.28. The summed E-state index contributed by atoms with van der Waals surface area (Å²) < 4.78 is 9.52. The summed E-state index contributed by atoms with van der Waals surface area (Å²) in [5, 5.41) is 0. The van der Waals surface area contributed by atoms with Crippen LogP contribution in [0.25, 0.3) is 0 Å². The summed E-state index contributed by atoms with van der Waals surface area (Å²) in [4.78, 5) is 34.0. The number of hydrogen-bond donors (Lipinski definition) is 1. The zero-order valence-corrected chi connectivity index (χ0v) is 11.5. The van der Waals surface area contributed by atoms with Crippen LogP contribution in [0.1, 0.15) is 26.7 Å². The van der Waals surface area contributed by atoms with E-state index in [-0.39, 0.29) is 50.8 Å². The molecule has 0 radical (unpaired) electrons. The van der Waals surface area contributed by atoms with Crippen molar-refractivity contribution in [1.29, 1.82) is 0 Å². The standard InChI is InChI=1S/C11H19NO5.ClH/c1-3-16-10(14)6-8(5-9(13)7-12)11(15)17-4-2;/h8H,3-7,12H2,1-2H3;1H. The highest BCUT2D eigenvalue weighted by Crippen LogP contribution is 2.12. The van der Waals surface area contributed by atoms with E-state index in [1.807, 2.05) is 0 Å². The predicted molar refractivity (Wildman–Crippen MR) is 67.3 cm³/mol. The number of hydrogen-bond acceptors (Lipinski definition) is 6. The summed E-state index contributed by atoms with van der Waals surface area (Å²) in [6, 6.07) is 0. The van der Waals surface area contributed by atoms with E-state index in [0.29, 0.717) is 0 Å². The summed E-state index contributed by atoms with van der Waals surface area (Å²) in [7, 11) is 0. The molecule has 18 heavy (non-hydrogen) atoms. The zero-order valence-electron chi connectivity index (χ0n) is 10.6. The molecule has 2 N–H and O–H groups in total. The molecule has 6 nitrogen and oxygen atoms in total. The predicted octanol–water partition coefficient (Wildman–Crippen LogP) is 0.459. The first-order chi connectivity index (χ1) is 8.04. The fraction of sp³-hybridized carbons (Fsp3) is 0.727. The van der Waals surface area contributed by atoms with E-state index in [2.05, 4.69) is 0 Å². The van der Waals surface area contributed by atoms with E-state index in [9.17, 15) is 14.4 Å². The maximum Gasteiger partial charge on any atom is 0.309 e. The normalized spacial score (nSPS) is 11.1. The molecule has 0 saturated heterocycles. The zero-order chi connectivity index (χ0) is 13.3. The molecule has 0 aliphatic rings. The molecule has 7 heteroatoms. The minimum Gasteiger partial charge on any atom is -0.466 e. The Balaban J connectivity index is 0. The largest absolute Gasteiger partial charge is 0.466 e. The van der Waals surface area contributed by atoms with Crippen molar-refractivity contribution in [2.45, 2.75) is 26.7 Å². The molecule has 0 spiro atoms. The molecule has 0 heterocycles. The van der Waals surface area contributed by atoms with Gasteiger partial charge in [0.05, 0.1) is 32.1 Å². The molecular formula is C11H20ClNO5. The van der Waals surface area contributed by atoms with Crippen molar-refractivity contribution < 1.29 is 23.9 Å². The summed E-state index contributed by atoms with van der Waals surface area (Å²) in [6.45, 7) is 3.61. The van der Waals surface area contributed by atoms with Crippen LogP contribution in [0.2, 0.25) is 0 Å². The van der Waals surface area contributed by atoms with Crippen LogP contribution in [0, 0.1) is 5.92 Å². The van der Waals surface area contributed by atoms with Gasteiger partial charge in [0.1, 0.15) is 5.78 Å². The Morgan fingerprint density at radius 3 is 2.06 bits per heavy atom. The number of Topliss-reactive ketones (excluding diaryl/α,β-unsaturated/α-hetero) is 1. The van der Waals surface area contributed by atoms with Crippen molar-refractivity contribution in [1.82, 2.24) is 0 Å². The van der Waals surface area contributed by atoms with Crippen LogP contribution in [0.3, 0.4) is 0 Å². The summed E-state index contributed by atoms with van der Waals surface area (Å²) in [6.07, 6.45) is -0.243. The maximum absolute atomic E-state index is 11.5. The Morgan fingerprint density at radius 1 is 1.06 bits per heavy atom. The molecule has 1 atom stereocenters. The Morgan fingerprint density at radius 2 is 1.61 bits per heavy atom. The number of carbonyl (C=O) groups excluding carboxylic acids is 3. The molecule has 0 aliphatic carbocycles. The van der Waals surface area contributed by atoms with Crippen molar-refractivity contribution >= 4 is 30.1 Å². The number of halogens is 1. The van der Waals surface area contributed by atoms with Crippen LogP contribution in [0.4, 0.5) is 0 Å². The van der Waals surface area contributed by atoms with Crippen LogP contribution < -0.4 is 5.73 Å². The van der Waals surface area contributed by atoms with Crippen molar-refractivity contribution in [2.75, 3.05) is 19.8 Å². The molecule has 0 rings (SSSR count). The number of ketones is 1. The lowest BCUT2D eigenvalue weighted by molar-refractivity contribution is -0.155. The minimum atomic E-state index is -0.801. The number of ether oxygens (including phenoxy) is 2. The van der Waals surface area contributed by atoms with Crippen molar-refractivity contribution in [2.24, 2.45) is 11.7 Å². The molecule has 0 aromatic rings.